The predicted octanol–water partition coefficient (Wildman–Crippen LogP) is 2.16. The van der Waals surface area contributed by atoms with Gasteiger partial charge >= 0.3 is 0 Å². The highest BCUT2D eigenvalue weighted by atomic mass is 79.9. The minimum atomic E-state index is -0.153. The van der Waals surface area contributed by atoms with Crippen molar-refractivity contribution in [1.29, 1.82) is 0 Å². The summed E-state index contributed by atoms with van der Waals surface area (Å²) in [6.45, 7) is 10.1. The maximum absolute atomic E-state index is 6.47. The van der Waals surface area contributed by atoms with Crippen LogP contribution < -0.4 is 5.73 Å². The molecule has 0 saturated carbocycles. The molecule has 20 heavy (non-hydrogen) atoms. The Labute approximate surface area is 129 Å². The summed E-state index contributed by atoms with van der Waals surface area (Å²) in [5.41, 5.74) is 7.51. The number of ether oxygens (including phenoxy) is 1. The van der Waals surface area contributed by atoms with E-state index in [1.807, 2.05) is 10.9 Å². The molecule has 1 aromatic rings. The van der Waals surface area contributed by atoms with E-state index in [0.29, 0.717) is 6.04 Å². The lowest BCUT2D eigenvalue weighted by Gasteiger charge is -2.38. The maximum atomic E-state index is 6.47. The summed E-state index contributed by atoms with van der Waals surface area (Å²) in [6, 6.07) is 0.373. The number of hydrogen-bond acceptors (Lipinski definition) is 4. The van der Waals surface area contributed by atoms with E-state index in [1.165, 1.54) is 0 Å². The molecule has 0 bridgehead atoms. The molecule has 1 aliphatic rings. The highest BCUT2D eigenvalue weighted by Gasteiger charge is 2.31. The summed E-state index contributed by atoms with van der Waals surface area (Å²) in [4.78, 5) is 2.42. The van der Waals surface area contributed by atoms with Crippen LogP contribution in [0.15, 0.2) is 10.7 Å². The van der Waals surface area contributed by atoms with Crippen LogP contribution >= 0.6 is 15.9 Å². The van der Waals surface area contributed by atoms with Crippen LogP contribution in [0.4, 0.5) is 0 Å². The van der Waals surface area contributed by atoms with Crippen molar-refractivity contribution < 1.29 is 4.74 Å². The van der Waals surface area contributed by atoms with Crippen LogP contribution in [0.1, 0.15) is 38.9 Å². The second kappa shape index (κ2) is 7.02. The summed E-state index contributed by atoms with van der Waals surface area (Å²) in [5.74, 6) is 0. The van der Waals surface area contributed by atoms with E-state index >= 15 is 0 Å². The molecule has 2 rings (SSSR count). The highest BCUT2D eigenvalue weighted by Crippen LogP contribution is 2.27. The molecule has 1 aromatic heterocycles. The quantitative estimate of drug-likeness (QED) is 0.889. The zero-order chi connectivity index (χ0) is 14.7. The lowest BCUT2D eigenvalue weighted by molar-refractivity contribution is -0.0514. The Morgan fingerprint density at radius 3 is 2.95 bits per heavy atom. The Morgan fingerprint density at radius 1 is 1.55 bits per heavy atom. The topological polar surface area (TPSA) is 56.3 Å². The van der Waals surface area contributed by atoms with E-state index < -0.39 is 0 Å². The zero-order valence-electron chi connectivity index (χ0n) is 12.6. The van der Waals surface area contributed by atoms with Gasteiger partial charge in [-0.2, -0.15) is 5.10 Å². The van der Waals surface area contributed by atoms with E-state index in [0.717, 1.165) is 42.8 Å². The van der Waals surface area contributed by atoms with Gasteiger partial charge in [0.15, 0.2) is 0 Å². The van der Waals surface area contributed by atoms with Crippen LogP contribution in [-0.4, -0.2) is 46.5 Å². The second-order valence-electron chi connectivity index (χ2n) is 5.62. The van der Waals surface area contributed by atoms with Crippen LogP contribution in [-0.2, 0) is 11.3 Å². The third-order valence-electron chi connectivity index (χ3n) is 3.84. The molecule has 1 saturated heterocycles. The van der Waals surface area contributed by atoms with E-state index in [9.17, 15) is 0 Å². The first-order chi connectivity index (χ1) is 9.54. The number of nitrogens with two attached hydrogens (primary N) is 1. The van der Waals surface area contributed by atoms with Crippen molar-refractivity contribution >= 4 is 15.9 Å². The largest absolute Gasteiger partial charge is 0.374 e. The van der Waals surface area contributed by atoms with E-state index in [-0.39, 0.29) is 12.1 Å². The first-order valence-corrected chi connectivity index (χ1v) is 8.16. The van der Waals surface area contributed by atoms with E-state index in [1.54, 1.807) is 0 Å². The minimum absolute atomic E-state index is 0.0229. The number of morpholine rings is 1. The molecule has 1 fully saturated rings. The molecule has 0 amide bonds. The molecule has 0 spiro atoms. The van der Waals surface area contributed by atoms with Crippen molar-refractivity contribution in [1.82, 2.24) is 14.7 Å². The van der Waals surface area contributed by atoms with Crippen LogP contribution in [0.2, 0.25) is 0 Å². The molecular formula is C14H25BrN4O. The molecule has 2 atom stereocenters. The smallest absolute Gasteiger partial charge is 0.0910 e. The predicted molar refractivity (Wildman–Crippen MR) is 83.6 cm³/mol. The van der Waals surface area contributed by atoms with Gasteiger partial charge in [0.05, 0.1) is 35.1 Å². The summed E-state index contributed by atoms with van der Waals surface area (Å²) in [6.07, 6.45) is 2.89. The van der Waals surface area contributed by atoms with Gasteiger partial charge in [-0.05, 0) is 36.2 Å². The van der Waals surface area contributed by atoms with Gasteiger partial charge in [-0.3, -0.25) is 9.58 Å². The van der Waals surface area contributed by atoms with Crippen molar-refractivity contribution in [2.75, 3.05) is 19.7 Å². The average Bonchev–Trinajstić information content (AvgIpc) is 2.79. The summed E-state index contributed by atoms with van der Waals surface area (Å²) >= 11 is 3.57. The van der Waals surface area contributed by atoms with Crippen molar-refractivity contribution in [3.63, 3.8) is 0 Å². The molecule has 0 radical (unpaired) electrons. The zero-order valence-corrected chi connectivity index (χ0v) is 14.1. The molecule has 2 unspecified atom stereocenters. The second-order valence-corrected chi connectivity index (χ2v) is 6.48. The normalized spacial score (nSPS) is 22.4. The van der Waals surface area contributed by atoms with Crippen LogP contribution in [0.5, 0.6) is 0 Å². The number of rotatable bonds is 5. The van der Waals surface area contributed by atoms with Crippen molar-refractivity contribution in [3.8, 4) is 0 Å². The summed E-state index contributed by atoms with van der Waals surface area (Å²) in [5, 5.41) is 4.40. The molecule has 6 heteroatoms. The van der Waals surface area contributed by atoms with E-state index in [4.69, 9.17) is 10.5 Å². The fraction of sp³-hybridized carbons (Fsp3) is 0.786. The highest BCUT2D eigenvalue weighted by molar-refractivity contribution is 9.10. The molecule has 0 aromatic carbocycles. The van der Waals surface area contributed by atoms with E-state index in [2.05, 4.69) is 46.7 Å². The van der Waals surface area contributed by atoms with Gasteiger partial charge in [-0.25, -0.2) is 0 Å². The molecule has 2 N–H and O–H groups in total. The van der Waals surface area contributed by atoms with Gasteiger partial charge < -0.3 is 10.5 Å². The van der Waals surface area contributed by atoms with Crippen LogP contribution in [0.3, 0.4) is 0 Å². The maximum Gasteiger partial charge on any atom is 0.0910 e. The third-order valence-corrected chi connectivity index (χ3v) is 4.45. The SMILES string of the molecule is CCCn1ncc(Br)c1C(N)C1CN(C(C)C)CCO1. The number of halogens is 1. The molecule has 1 aliphatic heterocycles. The van der Waals surface area contributed by atoms with Gasteiger partial charge in [0, 0.05) is 25.7 Å². The monoisotopic (exact) mass is 344 g/mol. The number of hydrogen-bond donors (Lipinski definition) is 1. The lowest BCUT2D eigenvalue weighted by Crippen LogP contribution is -2.49. The molecule has 114 valence electrons. The Bertz CT molecular complexity index is 435. The van der Waals surface area contributed by atoms with Crippen molar-refractivity contribution in [2.45, 2.75) is 51.9 Å². The fourth-order valence-electron chi connectivity index (χ4n) is 2.65. The first kappa shape index (κ1) is 15.9. The Balaban J connectivity index is 2.14. The van der Waals surface area contributed by atoms with Crippen molar-refractivity contribution in [3.05, 3.63) is 16.4 Å². The molecule has 5 nitrogen and oxygen atoms in total. The average molecular weight is 345 g/mol. The molecule has 2 heterocycles. The third kappa shape index (κ3) is 3.42. The van der Waals surface area contributed by atoms with Gasteiger partial charge in [0.1, 0.15) is 0 Å². The lowest BCUT2D eigenvalue weighted by atomic mass is 10.1. The fourth-order valence-corrected chi connectivity index (χ4v) is 3.21. The van der Waals surface area contributed by atoms with Gasteiger partial charge in [-0.15, -0.1) is 0 Å². The standard InChI is InChI=1S/C14H25BrN4O/c1-4-5-19-14(11(15)8-17-19)13(16)12-9-18(10(2)3)6-7-20-12/h8,10,12-13H,4-7,9,16H2,1-3H3. The molecule has 0 aliphatic carbocycles. The first-order valence-electron chi connectivity index (χ1n) is 7.37. The van der Waals surface area contributed by atoms with Crippen molar-refractivity contribution in [2.24, 2.45) is 5.73 Å². The van der Waals surface area contributed by atoms with Gasteiger partial charge in [0.25, 0.3) is 0 Å². The van der Waals surface area contributed by atoms with Crippen LogP contribution in [0.25, 0.3) is 0 Å². The Hall–Kier alpha value is -0.430. The van der Waals surface area contributed by atoms with Gasteiger partial charge in [0.2, 0.25) is 0 Å². The minimum Gasteiger partial charge on any atom is -0.374 e. The summed E-state index contributed by atoms with van der Waals surface area (Å²) in [7, 11) is 0. The number of aromatic nitrogens is 2. The Kier molecular flexibility index (Phi) is 5.60. The van der Waals surface area contributed by atoms with Crippen LogP contribution in [0, 0.1) is 0 Å². The van der Waals surface area contributed by atoms with Gasteiger partial charge in [-0.1, -0.05) is 6.92 Å². The Morgan fingerprint density at radius 2 is 2.30 bits per heavy atom. The molecular weight excluding hydrogens is 320 g/mol. The summed E-state index contributed by atoms with van der Waals surface area (Å²) < 4.78 is 8.87. The number of aryl methyl sites for hydroxylation is 1. The number of nitrogens with zero attached hydrogens (tertiary/aromatic N) is 3.